The van der Waals surface area contributed by atoms with Crippen LogP contribution in [0.3, 0.4) is 0 Å². The summed E-state index contributed by atoms with van der Waals surface area (Å²) in [4.78, 5) is 73.3. The van der Waals surface area contributed by atoms with Crippen molar-refractivity contribution in [2.24, 2.45) is 11.8 Å². The Hall–Kier alpha value is -1.94. The molecule has 4 unspecified atom stereocenters. The predicted molar refractivity (Wildman–Crippen MR) is 442 cm³/mol. The number of ether oxygens (including phenoxy) is 4. The summed E-state index contributed by atoms with van der Waals surface area (Å²) in [5.41, 5.74) is 0. The highest BCUT2D eigenvalue weighted by molar-refractivity contribution is 7.47. The van der Waals surface area contributed by atoms with E-state index in [0.717, 1.165) is 102 Å². The second kappa shape index (κ2) is 79.3. The van der Waals surface area contributed by atoms with E-state index in [1.54, 1.807) is 0 Å². The monoisotopic (exact) mass is 1560 g/mol. The number of aliphatic hydroxyl groups excluding tert-OH is 1. The molecule has 0 heterocycles. The molecule has 0 aliphatic rings. The molecule has 3 N–H and O–H groups in total. The van der Waals surface area contributed by atoms with Gasteiger partial charge in [-0.1, -0.05) is 420 Å². The van der Waals surface area contributed by atoms with Crippen LogP contribution in [0.15, 0.2) is 0 Å². The summed E-state index contributed by atoms with van der Waals surface area (Å²) in [6.45, 7) is 9.76. The van der Waals surface area contributed by atoms with E-state index in [9.17, 15) is 43.2 Å². The van der Waals surface area contributed by atoms with Gasteiger partial charge in [0.15, 0.2) is 12.2 Å². The standard InChI is InChI=1S/C88H172O17P2/c1-7-11-13-15-17-19-21-23-25-26-30-34-37-41-45-52-58-64-70-85(90)98-76-83(104-87(92)73-67-61-55-47-43-39-35-31-28-27-29-33-36-40-44-50-56-62-68-80(5)9-3)78-102-106(94,95)100-74-82(89)75-101-107(96,97)103-79-84(77-99-86(91)71-65-59-53-49-48-51-57-63-69-81(6)10-4)105-88(93)72-66-60-54-46-42-38-32-24-22-20-18-16-14-12-8-2/h80-84,89H,7-79H2,1-6H3,(H,94,95)(H,96,97)/t80?,81?,82-,83-,84-/m1/s1. The molecule has 0 aromatic rings. The molecule has 0 bridgehead atoms. The third-order valence-corrected chi connectivity index (χ3v) is 23.3. The largest absolute Gasteiger partial charge is 0.472 e. The summed E-state index contributed by atoms with van der Waals surface area (Å²) in [7, 11) is -9.93. The number of esters is 4. The van der Waals surface area contributed by atoms with Crippen LogP contribution < -0.4 is 0 Å². The van der Waals surface area contributed by atoms with E-state index in [1.165, 1.54) is 289 Å². The van der Waals surface area contributed by atoms with Crippen LogP contribution in [0.4, 0.5) is 0 Å². The molecule has 0 aliphatic carbocycles. The first-order valence-electron chi connectivity index (χ1n) is 45.6. The fourth-order valence-corrected chi connectivity index (χ4v) is 15.3. The molecule has 107 heavy (non-hydrogen) atoms. The summed E-state index contributed by atoms with van der Waals surface area (Å²) >= 11 is 0. The molecular weight excluding hydrogens is 1390 g/mol. The number of carbonyl (C=O) groups excluding carboxylic acids is 4. The van der Waals surface area contributed by atoms with Crippen molar-refractivity contribution in [3.8, 4) is 0 Å². The van der Waals surface area contributed by atoms with E-state index in [0.29, 0.717) is 25.7 Å². The van der Waals surface area contributed by atoms with Crippen LogP contribution in [-0.4, -0.2) is 96.7 Å². The number of carbonyl (C=O) groups is 4. The molecule has 0 spiro atoms. The minimum Gasteiger partial charge on any atom is -0.462 e. The SMILES string of the molecule is CCCCCCCCCCCCCCCCCCCCC(=O)OC[C@H](COP(=O)(O)OC[C@@H](O)COP(=O)(O)OC[C@@H](COC(=O)CCCCCCCCCCC(C)CC)OC(=O)CCCCCCCCCCCCCCCCC)OC(=O)CCCCCCCCCCCCCCCCCCCCC(C)CC. The lowest BCUT2D eigenvalue weighted by Gasteiger charge is -2.21. The number of hydrogen-bond acceptors (Lipinski definition) is 15. The Kier molecular flexibility index (Phi) is 77.9. The molecule has 19 heteroatoms. The molecular formula is C88H172O17P2. The van der Waals surface area contributed by atoms with Crippen molar-refractivity contribution >= 4 is 39.5 Å². The van der Waals surface area contributed by atoms with Crippen molar-refractivity contribution in [3.63, 3.8) is 0 Å². The third-order valence-electron chi connectivity index (χ3n) is 21.4. The van der Waals surface area contributed by atoms with Gasteiger partial charge in [0, 0.05) is 25.7 Å². The number of phosphoric acid groups is 2. The van der Waals surface area contributed by atoms with E-state index >= 15 is 0 Å². The highest BCUT2D eigenvalue weighted by atomic mass is 31.2. The molecule has 0 radical (unpaired) electrons. The van der Waals surface area contributed by atoms with Gasteiger partial charge < -0.3 is 33.8 Å². The maximum atomic E-state index is 13.2. The quantitative estimate of drug-likeness (QED) is 0.0222. The zero-order chi connectivity index (χ0) is 78.5. The molecule has 0 aromatic heterocycles. The molecule has 0 fully saturated rings. The minimum atomic E-state index is -4.97. The maximum absolute atomic E-state index is 13.2. The van der Waals surface area contributed by atoms with Crippen LogP contribution in [0.1, 0.15) is 472 Å². The summed E-state index contributed by atoms with van der Waals surface area (Å²) in [5.74, 6) is -0.450. The van der Waals surface area contributed by atoms with Crippen molar-refractivity contribution < 1.29 is 80.2 Å². The average molecular weight is 1560 g/mol. The Morgan fingerprint density at radius 3 is 0.664 bits per heavy atom. The molecule has 0 rings (SSSR count). The Labute approximate surface area is 658 Å². The summed E-state index contributed by atoms with van der Waals surface area (Å²) in [6, 6.07) is 0. The van der Waals surface area contributed by atoms with E-state index in [-0.39, 0.29) is 25.7 Å². The van der Waals surface area contributed by atoms with Crippen molar-refractivity contribution in [2.45, 2.75) is 490 Å². The topological polar surface area (TPSA) is 237 Å². The normalized spacial score (nSPS) is 14.3. The highest BCUT2D eigenvalue weighted by Crippen LogP contribution is 2.45. The number of unbranched alkanes of at least 4 members (excludes halogenated alkanes) is 55. The van der Waals surface area contributed by atoms with Gasteiger partial charge in [-0.2, -0.15) is 0 Å². The minimum absolute atomic E-state index is 0.108. The summed E-state index contributed by atoms with van der Waals surface area (Å²) in [6.07, 6.45) is 72.1. The molecule has 0 aliphatic heterocycles. The van der Waals surface area contributed by atoms with Gasteiger partial charge in [-0.15, -0.1) is 0 Å². The lowest BCUT2D eigenvalue weighted by Crippen LogP contribution is -2.30. The second-order valence-electron chi connectivity index (χ2n) is 32.1. The predicted octanol–water partition coefficient (Wildman–Crippen LogP) is 27.0. The molecule has 17 nitrogen and oxygen atoms in total. The van der Waals surface area contributed by atoms with Crippen LogP contribution in [0.5, 0.6) is 0 Å². The van der Waals surface area contributed by atoms with Gasteiger partial charge in [0.05, 0.1) is 26.4 Å². The molecule has 0 aromatic carbocycles. The fourth-order valence-electron chi connectivity index (χ4n) is 13.7. The molecule has 636 valence electrons. The lowest BCUT2D eigenvalue weighted by molar-refractivity contribution is -0.161. The Bertz CT molecular complexity index is 2050. The van der Waals surface area contributed by atoms with Crippen LogP contribution in [0, 0.1) is 11.8 Å². The third kappa shape index (κ3) is 79.1. The molecule has 0 saturated heterocycles. The van der Waals surface area contributed by atoms with Gasteiger partial charge in [-0.3, -0.25) is 37.3 Å². The zero-order valence-corrected chi connectivity index (χ0v) is 72.2. The highest BCUT2D eigenvalue weighted by Gasteiger charge is 2.31. The Morgan fingerprint density at radius 1 is 0.262 bits per heavy atom. The van der Waals surface area contributed by atoms with Crippen molar-refractivity contribution in [2.75, 3.05) is 39.6 Å². The molecule has 0 saturated carbocycles. The van der Waals surface area contributed by atoms with Crippen LogP contribution in [0.2, 0.25) is 0 Å². The van der Waals surface area contributed by atoms with E-state index in [4.69, 9.17) is 37.0 Å². The number of rotatable bonds is 87. The second-order valence-corrected chi connectivity index (χ2v) is 35.0. The van der Waals surface area contributed by atoms with Gasteiger partial charge in [-0.05, 0) is 37.5 Å². The Morgan fingerprint density at radius 2 is 0.449 bits per heavy atom. The molecule has 7 atom stereocenters. The summed E-state index contributed by atoms with van der Waals surface area (Å²) < 4.78 is 69.0. The van der Waals surface area contributed by atoms with Crippen LogP contribution in [0.25, 0.3) is 0 Å². The first kappa shape index (κ1) is 105. The van der Waals surface area contributed by atoms with Crippen molar-refractivity contribution in [1.82, 2.24) is 0 Å². The van der Waals surface area contributed by atoms with Gasteiger partial charge in [-0.25, -0.2) is 9.13 Å². The van der Waals surface area contributed by atoms with Crippen molar-refractivity contribution in [3.05, 3.63) is 0 Å². The van der Waals surface area contributed by atoms with Gasteiger partial charge in [0.1, 0.15) is 19.3 Å². The Balaban J connectivity index is 5.25. The van der Waals surface area contributed by atoms with Gasteiger partial charge >= 0.3 is 39.5 Å². The summed E-state index contributed by atoms with van der Waals surface area (Å²) in [5, 5.41) is 10.7. The fraction of sp³-hybridized carbons (Fsp3) is 0.955. The lowest BCUT2D eigenvalue weighted by atomic mass is 9.99. The van der Waals surface area contributed by atoms with E-state index < -0.39 is 97.5 Å². The van der Waals surface area contributed by atoms with E-state index in [1.807, 2.05) is 0 Å². The molecule has 0 amide bonds. The average Bonchev–Trinajstić information content (AvgIpc) is 0.906. The van der Waals surface area contributed by atoms with E-state index in [2.05, 4.69) is 41.5 Å². The first-order valence-corrected chi connectivity index (χ1v) is 48.6. The first-order chi connectivity index (χ1) is 51.9. The smallest absolute Gasteiger partial charge is 0.462 e. The van der Waals surface area contributed by atoms with Gasteiger partial charge in [0.2, 0.25) is 0 Å². The maximum Gasteiger partial charge on any atom is 0.472 e. The van der Waals surface area contributed by atoms with Crippen molar-refractivity contribution in [1.29, 1.82) is 0 Å². The van der Waals surface area contributed by atoms with Crippen LogP contribution >= 0.6 is 15.6 Å². The number of aliphatic hydroxyl groups is 1. The number of phosphoric ester groups is 2. The van der Waals surface area contributed by atoms with Gasteiger partial charge in [0.25, 0.3) is 0 Å². The van der Waals surface area contributed by atoms with Crippen LogP contribution in [-0.2, 0) is 65.4 Å². The number of hydrogen-bond donors (Lipinski definition) is 3. The zero-order valence-electron chi connectivity index (χ0n) is 70.5.